The predicted molar refractivity (Wildman–Crippen MR) is 110 cm³/mol. The van der Waals surface area contributed by atoms with Gasteiger partial charge in [0.1, 0.15) is 11.0 Å². The summed E-state index contributed by atoms with van der Waals surface area (Å²) in [6, 6.07) is 8.96. The molecule has 0 aliphatic rings. The standard InChI is InChI=1S/C21H20N4O4/c1-11(2)13-10-22-18-16(20(27)25(4)21(28)24(18)3)17(13)23-19(26)15-9-12-7-5-6-8-14(12)29-15/h5-11H,1-4H3,(H,22,23,26). The van der Waals surface area contributed by atoms with E-state index in [1.807, 2.05) is 32.0 Å². The van der Waals surface area contributed by atoms with Crippen LogP contribution in [0.2, 0.25) is 0 Å². The molecule has 1 amide bonds. The van der Waals surface area contributed by atoms with Crippen LogP contribution in [0.25, 0.3) is 22.0 Å². The molecular weight excluding hydrogens is 372 g/mol. The number of nitrogens with zero attached hydrogens (tertiary/aromatic N) is 3. The van der Waals surface area contributed by atoms with Gasteiger partial charge in [-0.15, -0.1) is 0 Å². The Morgan fingerprint density at radius 1 is 1.14 bits per heavy atom. The monoisotopic (exact) mass is 392 g/mol. The van der Waals surface area contributed by atoms with Crippen LogP contribution < -0.4 is 16.6 Å². The van der Waals surface area contributed by atoms with Gasteiger partial charge in [-0.1, -0.05) is 32.0 Å². The Labute approximate surface area is 165 Å². The third-order valence-electron chi connectivity index (χ3n) is 5.01. The van der Waals surface area contributed by atoms with Crippen molar-refractivity contribution in [3.05, 3.63) is 68.7 Å². The van der Waals surface area contributed by atoms with Crippen LogP contribution >= 0.6 is 0 Å². The summed E-state index contributed by atoms with van der Waals surface area (Å²) in [6.07, 6.45) is 1.58. The molecule has 148 valence electrons. The zero-order valence-corrected chi connectivity index (χ0v) is 16.5. The molecule has 0 aliphatic heterocycles. The van der Waals surface area contributed by atoms with Gasteiger partial charge in [-0.3, -0.25) is 18.7 Å². The molecule has 0 atom stereocenters. The fourth-order valence-corrected chi connectivity index (χ4v) is 3.38. The number of furan rings is 1. The quantitative estimate of drug-likeness (QED) is 0.578. The van der Waals surface area contributed by atoms with Crippen molar-refractivity contribution in [2.24, 2.45) is 14.1 Å². The van der Waals surface area contributed by atoms with E-state index in [2.05, 4.69) is 10.3 Å². The number of carbonyl (C=O) groups excluding carboxylic acids is 1. The Balaban J connectivity index is 1.93. The van der Waals surface area contributed by atoms with Crippen molar-refractivity contribution in [2.75, 3.05) is 5.32 Å². The van der Waals surface area contributed by atoms with E-state index in [-0.39, 0.29) is 22.7 Å². The second-order valence-corrected chi connectivity index (χ2v) is 7.25. The zero-order valence-electron chi connectivity index (χ0n) is 16.5. The van der Waals surface area contributed by atoms with Crippen molar-refractivity contribution in [2.45, 2.75) is 19.8 Å². The summed E-state index contributed by atoms with van der Waals surface area (Å²) in [5.74, 6) is -0.362. The van der Waals surface area contributed by atoms with Gasteiger partial charge in [0.05, 0.1) is 5.69 Å². The summed E-state index contributed by atoms with van der Waals surface area (Å²) < 4.78 is 7.94. The van der Waals surface area contributed by atoms with Crippen LogP contribution in [0.3, 0.4) is 0 Å². The minimum absolute atomic E-state index is 0.0141. The third-order valence-corrected chi connectivity index (χ3v) is 5.01. The Bertz CT molecular complexity index is 1360. The van der Waals surface area contributed by atoms with Crippen molar-refractivity contribution >= 4 is 33.6 Å². The lowest BCUT2D eigenvalue weighted by Crippen LogP contribution is -2.38. The van der Waals surface area contributed by atoms with E-state index in [9.17, 15) is 14.4 Å². The molecule has 3 heterocycles. The maximum atomic E-state index is 12.9. The van der Waals surface area contributed by atoms with Gasteiger partial charge in [0, 0.05) is 25.7 Å². The Morgan fingerprint density at radius 2 is 1.86 bits per heavy atom. The normalized spacial score (nSPS) is 11.5. The molecule has 0 spiro atoms. The second kappa shape index (κ2) is 6.73. The largest absolute Gasteiger partial charge is 0.451 e. The maximum absolute atomic E-state index is 12.9. The van der Waals surface area contributed by atoms with E-state index in [1.165, 1.54) is 18.7 Å². The smallest absolute Gasteiger partial charge is 0.332 e. The number of para-hydroxylation sites is 1. The van der Waals surface area contributed by atoms with Crippen LogP contribution in [0.15, 0.2) is 50.5 Å². The molecule has 0 bridgehead atoms. The third kappa shape index (κ3) is 2.93. The summed E-state index contributed by atoms with van der Waals surface area (Å²) in [7, 11) is 2.94. The first kappa shape index (κ1) is 18.7. The molecule has 3 aromatic heterocycles. The average molecular weight is 392 g/mol. The van der Waals surface area contributed by atoms with Gasteiger partial charge in [0.2, 0.25) is 0 Å². The number of amides is 1. The summed E-state index contributed by atoms with van der Waals surface area (Å²) in [5, 5.41) is 3.82. The van der Waals surface area contributed by atoms with Gasteiger partial charge in [0.15, 0.2) is 11.4 Å². The molecule has 0 saturated carbocycles. The van der Waals surface area contributed by atoms with Crippen LogP contribution in [0.4, 0.5) is 5.69 Å². The Hall–Kier alpha value is -3.68. The minimum Gasteiger partial charge on any atom is -0.451 e. The molecule has 4 rings (SSSR count). The van der Waals surface area contributed by atoms with Crippen LogP contribution in [0.1, 0.15) is 35.9 Å². The van der Waals surface area contributed by atoms with E-state index in [0.717, 1.165) is 9.95 Å². The van der Waals surface area contributed by atoms with Crippen molar-refractivity contribution < 1.29 is 9.21 Å². The number of nitrogens with one attached hydrogen (secondary N) is 1. The van der Waals surface area contributed by atoms with Gasteiger partial charge in [-0.05, 0) is 23.6 Å². The van der Waals surface area contributed by atoms with Crippen molar-refractivity contribution in [1.82, 2.24) is 14.1 Å². The first-order valence-electron chi connectivity index (χ1n) is 9.18. The molecule has 1 aromatic carbocycles. The highest BCUT2D eigenvalue weighted by Gasteiger charge is 2.22. The number of rotatable bonds is 3. The molecule has 0 unspecified atom stereocenters. The molecule has 0 saturated heterocycles. The van der Waals surface area contributed by atoms with E-state index < -0.39 is 17.2 Å². The van der Waals surface area contributed by atoms with Gasteiger partial charge in [0.25, 0.3) is 11.5 Å². The van der Waals surface area contributed by atoms with Crippen molar-refractivity contribution in [3.63, 3.8) is 0 Å². The van der Waals surface area contributed by atoms with E-state index in [0.29, 0.717) is 16.8 Å². The fraction of sp³-hybridized carbons (Fsp3) is 0.238. The van der Waals surface area contributed by atoms with Crippen LogP contribution in [-0.2, 0) is 14.1 Å². The summed E-state index contributed by atoms with van der Waals surface area (Å²) in [5.41, 5.74) is 0.839. The van der Waals surface area contributed by atoms with E-state index in [1.54, 1.807) is 18.3 Å². The van der Waals surface area contributed by atoms with Gasteiger partial charge in [-0.25, -0.2) is 9.78 Å². The molecule has 1 N–H and O–H groups in total. The summed E-state index contributed by atoms with van der Waals surface area (Å²) >= 11 is 0. The molecule has 0 fully saturated rings. The minimum atomic E-state index is -0.516. The van der Waals surface area contributed by atoms with Crippen LogP contribution in [0, 0.1) is 0 Å². The van der Waals surface area contributed by atoms with Crippen molar-refractivity contribution in [3.8, 4) is 0 Å². The second-order valence-electron chi connectivity index (χ2n) is 7.25. The molecule has 8 heteroatoms. The highest BCUT2D eigenvalue weighted by atomic mass is 16.3. The molecule has 4 aromatic rings. The highest BCUT2D eigenvalue weighted by molar-refractivity contribution is 6.09. The number of hydrogen-bond acceptors (Lipinski definition) is 5. The average Bonchev–Trinajstić information content (AvgIpc) is 3.14. The molecular formula is C21H20N4O4. The molecule has 0 aliphatic carbocycles. The lowest BCUT2D eigenvalue weighted by molar-refractivity contribution is 0.0998. The highest BCUT2D eigenvalue weighted by Crippen LogP contribution is 2.29. The van der Waals surface area contributed by atoms with Crippen molar-refractivity contribution in [1.29, 1.82) is 0 Å². The summed E-state index contributed by atoms with van der Waals surface area (Å²) in [6.45, 7) is 3.87. The lowest BCUT2D eigenvalue weighted by Gasteiger charge is -2.17. The zero-order chi connectivity index (χ0) is 20.9. The van der Waals surface area contributed by atoms with Gasteiger partial charge < -0.3 is 9.73 Å². The van der Waals surface area contributed by atoms with Crippen LogP contribution in [-0.4, -0.2) is 20.0 Å². The Kier molecular flexibility index (Phi) is 4.34. The number of aromatic nitrogens is 3. The number of pyridine rings is 1. The maximum Gasteiger partial charge on any atom is 0.332 e. The van der Waals surface area contributed by atoms with E-state index in [4.69, 9.17) is 4.42 Å². The molecule has 0 radical (unpaired) electrons. The first-order chi connectivity index (χ1) is 13.8. The topological polar surface area (TPSA) is 99.1 Å². The van der Waals surface area contributed by atoms with E-state index >= 15 is 0 Å². The summed E-state index contributed by atoms with van der Waals surface area (Å²) in [4.78, 5) is 42.4. The lowest BCUT2D eigenvalue weighted by atomic mass is 10.0. The number of benzene rings is 1. The molecule has 29 heavy (non-hydrogen) atoms. The molecule has 8 nitrogen and oxygen atoms in total. The van der Waals surface area contributed by atoms with Gasteiger partial charge >= 0.3 is 5.69 Å². The Morgan fingerprint density at radius 3 is 2.55 bits per heavy atom. The number of fused-ring (bicyclic) bond motifs is 2. The fourth-order valence-electron chi connectivity index (χ4n) is 3.38. The van der Waals surface area contributed by atoms with Crippen LogP contribution in [0.5, 0.6) is 0 Å². The number of hydrogen-bond donors (Lipinski definition) is 1. The number of anilines is 1. The SMILES string of the molecule is CC(C)c1cnc2c(c1NC(=O)c1cc3ccccc3o1)c(=O)n(C)c(=O)n2C. The predicted octanol–water partition coefficient (Wildman–Crippen LogP) is 2.75. The first-order valence-corrected chi connectivity index (χ1v) is 9.18. The number of aryl methyl sites for hydroxylation is 1. The number of carbonyl (C=O) groups is 1. The van der Waals surface area contributed by atoms with Gasteiger partial charge in [-0.2, -0.15) is 0 Å².